The quantitative estimate of drug-likeness (QED) is 0.303. The Hall–Kier alpha value is 10.1. The van der Waals surface area contributed by atoms with Crippen LogP contribution in [0, 0.1) is 0 Å². The second-order valence-corrected chi connectivity index (χ2v) is 1.54. The first-order valence-corrected chi connectivity index (χ1v) is 2.35. The van der Waals surface area contributed by atoms with E-state index in [1.54, 1.807) is 0 Å². The summed E-state index contributed by atoms with van der Waals surface area (Å²) in [5, 5.41) is 0. The Bertz CT molecular complexity index is 63.6. The third kappa shape index (κ3) is 115. The molecule has 15 heavy (non-hydrogen) atoms. The second kappa shape index (κ2) is 49.6. The third-order valence-corrected chi connectivity index (χ3v) is 0. The fourth-order valence-electron chi connectivity index (χ4n) is 0. The molecule has 52 valence electrons. The summed E-state index contributed by atoms with van der Waals surface area (Å²) in [5.41, 5.74) is 0. The summed E-state index contributed by atoms with van der Waals surface area (Å²) in [7, 11) is -4.64. The Balaban J connectivity index is -0.00000000178. The van der Waals surface area contributed by atoms with Gasteiger partial charge in [-0.3, -0.25) is 0 Å². The van der Waals surface area contributed by atoms with E-state index in [-0.39, 0.29) is 296 Å². The molecule has 15 heteroatoms. The van der Waals surface area contributed by atoms with Crippen LogP contribution in [0.5, 0.6) is 0 Å². The summed E-state index contributed by atoms with van der Waals surface area (Å²) in [6.07, 6.45) is 0. The zero-order chi connectivity index (χ0) is 4.50. The molecule has 0 amide bonds. The Morgan fingerprint density at radius 1 is 0.467 bits per heavy atom. The van der Waals surface area contributed by atoms with E-state index in [1.807, 2.05) is 0 Å². The molecule has 0 aliphatic rings. The van der Waals surface area contributed by atoms with E-state index < -0.39 is 7.82 Å². The fourth-order valence-corrected chi connectivity index (χ4v) is 0. The predicted octanol–water partition coefficient (Wildman–Crippen LogP) is -7.41. The summed E-state index contributed by atoms with van der Waals surface area (Å²) in [6.45, 7) is 0. The molecule has 0 aromatic carbocycles. The molecular weight excluding hydrogens is 325 g/mol. The summed E-state index contributed by atoms with van der Waals surface area (Å²) >= 11 is 0. The van der Waals surface area contributed by atoms with Crippen molar-refractivity contribution in [3.05, 3.63) is 0 Å². The number of rotatable bonds is 0. The maximum absolute atomic E-state index is 8.88. The molecule has 0 aliphatic heterocycles. The summed E-state index contributed by atoms with van der Waals surface area (Å²) in [5.74, 6) is 0. The van der Waals surface area contributed by atoms with Gasteiger partial charge >= 0.3 is 303 Å². The summed E-state index contributed by atoms with van der Waals surface area (Å²) < 4.78 is 8.88. The zero-order valence-corrected chi connectivity index (χ0v) is 3.09. The second-order valence-electron chi connectivity index (χ2n) is 0.513. The van der Waals surface area contributed by atoms with Gasteiger partial charge in [-0.1, -0.05) is 0 Å². The van der Waals surface area contributed by atoms with Crippen molar-refractivity contribution in [1.82, 2.24) is 0 Å². The molecule has 0 aromatic heterocycles. The van der Waals surface area contributed by atoms with Crippen molar-refractivity contribution < 1.29 is 19.2 Å². The number of hydrogen-bond donors (Lipinski definition) is 3. The van der Waals surface area contributed by atoms with E-state index >= 15 is 0 Å². The van der Waals surface area contributed by atoms with E-state index in [2.05, 4.69) is 0 Å². The van der Waals surface area contributed by atoms with Crippen LogP contribution in [0.2, 0.25) is 0 Å². The van der Waals surface area contributed by atoms with Gasteiger partial charge in [-0.05, 0) is 0 Å². The van der Waals surface area contributed by atoms with Crippen molar-refractivity contribution in [1.29, 1.82) is 0 Å². The standard InChI is InChI=1S/10Na.H3O4P.10H/c;;;;;;;;;;1-5(2,3)4;;;;;;;;;;/h;;;;;;;;;;(H3,1,2,3,4);;;;;;;;;;. The van der Waals surface area contributed by atoms with Crippen LogP contribution >= 0.6 is 7.82 Å². The third-order valence-electron chi connectivity index (χ3n) is 0. The maximum atomic E-state index is 8.88. The van der Waals surface area contributed by atoms with Crippen molar-refractivity contribution in [2.45, 2.75) is 0 Å². The summed E-state index contributed by atoms with van der Waals surface area (Å²) in [6, 6.07) is 0. The van der Waals surface area contributed by atoms with Gasteiger partial charge in [0.15, 0.2) is 0 Å². The SMILES string of the molecule is O=P(O)(O)O.[NaH].[NaH].[NaH].[NaH].[NaH].[NaH].[NaH].[NaH].[NaH].[NaH]. The minimum atomic E-state index is -4.64. The first-order chi connectivity index (χ1) is 2.00. The van der Waals surface area contributed by atoms with Gasteiger partial charge in [0.25, 0.3) is 0 Å². The molecule has 4 nitrogen and oxygen atoms in total. The van der Waals surface area contributed by atoms with Crippen molar-refractivity contribution in [2.75, 3.05) is 0 Å². The Morgan fingerprint density at radius 2 is 0.467 bits per heavy atom. The van der Waals surface area contributed by atoms with Crippen molar-refractivity contribution >= 4 is 303 Å². The predicted molar refractivity (Wildman–Crippen MR) is 85.8 cm³/mol. The van der Waals surface area contributed by atoms with Crippen LogP contribution < -0.4 is 0 Å². The van der Waals surface area contributed by atoms with Crippen LogP contribution in [0.4, 0.5) is 0 Å². The van der Waals surface area contributed by atoms with Crippen LogP contribution in [-0.2, 0) is 4.57 Å². The van der Waals surface area contributed by atoms with Gasteiger partial charge in [-0.15, -0.1) is 0 Å². The Morgan fingerprint density at radius 3 is 0.467 bits per heavy atom. The van der Waals surface area contributed by atoms with Crippen molar-refractivity contribution in [3.63, 3.8) is 0 Å². The van der Waals surface area contributed by atoms with Crippen LogP contribution in [0.3, 0.4) is 0 Å². The van der Waals surface area contributed by atoms with Gasteiger partial charge in [0.1, 0.15) is 0 Å². The molecule has 0 spiro atoms. The topological polar surface area (TPSA) is 77.8 Å². The van der Waals surface area contributed by atoms with Crippen LogP contribution in [0.25, 0.3) is 0 Å². The van der Waals surface area contributed by atoms with Crippen LogP contribution in [0.15, 0.2) is 0 Å². The van der Waals surface area contributed by atoms with Crippen LogP contribution in [0.1, 0.15) is 0 Å². The van der Waals surface area contributed by atoms with Crippen molar-refractivity contribution in [2.24, 2.45) is 0 Å². The van der Waals surface area contributed by atoms with E-state index in [0.29, 0.717) is 0 Å². The molecule has 0 radical (unpaired) electrons. The van der Waals surface area contributed by atoms with Gasteiger partial charge in [0.05, 0.1) is 0 Å². The van der Waals surface area contributed by atoms with E-state index in [4.69, 9.17) is 19.2 Å². The average molecular weight is 338 g/mol. The van der Waals surface area contributed by atoms with E-state index in [9.17, 15) is 0 Å². The van der Waals surface area contributed by atoms with Gasteiger partial charge < -0.3 is 14.7 Å². The zero-order valence-electron chi connectivity index (χ0n) is 2.20. The number of phosphoric acid groups is 1. The average Bonchev–Trinajstić information content (AvgIpc) is 0.722. The molecule has 0 rings (SSSR count). The van der Waals surface area contributed by atoms with Crippen molar-refractivity contribution in [3.8, 4) is 0 Å². The fraction of sp³-hybridized carbons (Fsp3) is 0. The molecule has 3 N–H and O–H groups in total. The molecule has 0 saturated carbocycles. The van der Waals surface area contributed by atoms with Gasteiger partial charge in [-0.25, -0.2) is 4.57 Å². The van der Waals surface area contributed by atoms with Gasteiger partial charge in [0, 0.05) is 0 Å². The molecular formula is H13Na10O4P. The first-order valence-electron chi connectivity index (χ1n) is 0.783. The minimum absolute atomic E-state index is 0. The van der Waals surface area contributed by atoms with Gasteiger partial charge in [-0.2, -0.15) is 0 Å². The molecule has 0 unspecified atom stereocenters. The molecule has 0 aromatic rings. The Labute approximate surface area is 312 Å². The molecule has 0 aliphatic carbocycles. The molecule has 0 atom stereocenters. The normalized spacial score (nSPS) is 3.93. The first kappa shape index (κ1) is 73.3. The molecule has 0 saturated heterocycles. The molecule has 0 heterocycles. The summed E-state index contributed by atoms with van der Waals surface area (Å²) in [4.78, 5) is 21.6. The monoisotopic (exact) mass is 338 g/mol. The molecule has 0 bridgehead atoms. The molecule has 0 fully saturated rings. The Kier molecular flexibility index (Phi) is 242. The van der Waals surface area contributed by atoms with Gasteiger partial charge in [0.2, 0.25) is 0 Å². The van der Waals surface area contributed by atoms with Crippen LogP contribution in [-0.4, -0.2) is 310 Å². The number of hydrogen-bond acceptors (Lipinski definition) is 1. The van der Waals surface area contributed by atoms with E-state index in [1.165, 1.54) is 0 Å². The van der Waals surface area contributed by atoms with E-state index in [0.717, 1.165) is 0 Å².